The summed E-state index contributed by atoms with van der Waals surface area (Å²) in [4.78, 5) is 15.1. The van der Waals surface area contributed by atoms with E-state index in [1.807, 2.05) is 31.2 Å². The van der Waals surface area contributed by atoms with E-state index >= 15 is 0 Å². The van der Waals surface area contributed by atoms with Gasteiger partial charge in [0, 0.05) is 24.5 Å². The van der Waals surface area contributed by atoms with E-state index in [1.165, 1.54) is 18.4 Å². The van der Waals surface area contributed by atoms with Crippen molar-refractivity contribution < 1.29 is 22.4 Å². The van der Waals surface area contributed by atoms with Crippen LogP contribution in [0.1, 0.15) is 26.5 Å². The molecule has 3 aromatic rings. The fraction of sp³-hybridized carbons (Fsp3) is 0.320. The third-order valence-corrected chi connectivity index (χ3v) is 7.09. The first-order chi connectivity index (χ1) is 16.4. The first-order valence-corrected chi connectivity index (χ1v) is 12.7. The Hall–Kier alpha value is -3.30. The van der Waals surface area contributed by atoms with Crippen LogP contribution in [0.15, 0.2) is 76.2 Å². The zero-order chi connectivity index (χ0) is 24.6. The van der Waals surface area contributed by atoms with Gasteiger partial charge in [-0.2, -0.15) is 4.31 Å². The Balaban J connectivity index is 1.77. The summed E-state index contributed by atoms with van der Waals surface area (Å²) in [5.74, 6) is 0.562. The Bertz CT molecular complexity index is 1140. The molecule has 0 bridgehead atoms. The number of nitrogens with zero attached hydrogens (tertiary/aromatic N) is 2. The number of carbonyl (C=O) groups is 1. The summed E-state index contributed by atoms with van der Waals surface area (Å²) >= 11 is 0. The molecule has 1 heterocycles. The van der Waals surface area contributed by atoms with Crippen LogP contribution in [-0.2, 0) is 21.4 Å². The third-order valence-electron chi connectivity index (χ3n) is 5.28. The summed E-state index contributed by atoms with van der Waals surface area (Å²) in [5.41, 5.74) is 1.65. The van der Waals surface area contributed by atoms with E-state index in [1.54, 1.807) is 24.3 Å². The van der Waals surface area contributed by atoms with Crippen molar-refractivity contribution in [1.29, 1.82) is 0 Å². The molecule has 0 saturated heterocycles. The number of amides is 1. The minimum absolute atomic E-state index is 0.0684. The predicted molar refractivity (Wildman–Crippen MR) is 133 cm³/mol. The SMILES string of the molecule is CCOc1ccc(S(=O)(=O)N(CC(=O)Nc2ccc(N(CC)CC)cc2)Cc2ccco2)cc1. The first-order valence-electron chi connectivity index (χ1n) is 11.3. The number of anilines is 2. The highest BCUT2D eigenvalue weighted by molar-refractivity contribution is 7.89. The van der Waals surface area contributed by atoms with Crippen LogP contribution in [-0.4, -0.2) is 44.9 Å². The van der Waals surface area contributed by atoms with E-state index in [0.717, 1.165) is 23.1 Å². The molecule has 0 aliphatic carbocycles. The van der Waals surface area contributed by atoms with E-state index < -0.39 is 15.9 Å². The zero-order valence-electron chi connectivity index (χ0n) is 19.7. The molecule has 0 radical (unpaired) electrons. The van der Waals surface area contributed by atoms with Crippen molar-refractivity contribution in [3.8, 4) is 5.75 Å². The number of sulfonamides is 1. The number of ether oxygens (including phenoxy) is 1. The minimum atomic E-state index is -3.97. The van der Waals surface area contributed by atoms with Gasteiger partial charge in [-0.15, -0.1) is 0 Å². The van der Waals surface area contributed by atoms with E-state index in [2.05, 4.69) is 24.1 Å². The molecule has 0 aliphatic rings. The first kappa shape index (κ1) is 25.3. The van der Waals surface area contributed by atoms with Gasteiger partial charge in [0.25, 0.3) is 0 Å². The average molecular weight is 486 g/mol. The van der Waals surface area contributed by atoms with Gasteiger partial charge in [-0.3, -0.25) is 4.79 Å². The van der Waals surface area contributed by atoms with Gasteiger partial charge >= 0.3 is 0 Å². The van der Waals surface area contributed by atoms with Crippen molar-refractivity contribution in [1.82, 2.24) is 4.31 Å². The lowest BCUT2D eigenvalue weighted by atomic mass is 10.2. The number of furan rings is 1. The Kier molecular flexibility index (Phi) is 8.72. The molecule has 9 heteroatoms. The Morgan fingerprint density at radius 2 is 1.65 bits per heavy atom. The molecular formula is C25H31N3O5S. The van der Waals surface area contributed by atoms with Crippen molar-refractivity contribution in [3.63, 3.8) is 0 Å². The fourth-order valence-electron chi connectivity index (χ4n) is 3.53. The minimum Gasteiger partial charge on any atom is -0.494 e. The Morgan fingerprint density at radius 3 is 2.21 bits per heavy atom. The van der Waals surface area contributed by atoms with Crippen LogP contribution in [0, 0.1) is 0 Å². The monoisotopic (exact) mass is 485 g/mol. The van der Waals surface area contributed by atoms with Gasteiger partial charge in [-0.25, -0.2) is 8.42 Å². The number of benzene rings is 2. The second kappa shape index (κ2) is 11.7. The highest BCUT2D eigenvalue weighted by Gasteiger charge is 2.28. The van der Waals surface area contributed by atoms with Gasteiger partial charge < -0.3 is 19.4 Å². The van der Waals surface area contributed by atoms with Crippen LogP contribution in [0.3, 0.4) is 0 Å². The fourth-order valence-corrected chi connectivity index (χ4v) is 4.89. The van der Waals surface area contributed by atoms with Crippen molar-refractivity contribution in [2.45, 2.75) is 32.2 Å². The molecule has 1 aromatic heterocycles. The number of rotatable bonds is 12. The van der Waals surface area contributed by atoms with E-state index in [0.29, 0.717) is 23.8 Å². The van der Waals surface area contributed by atoms with Crippen molar-refractivity contribution >= 4 is 27.3 Å². The van der Waals surface area contributed by atoms with Crippen LogP contribution in [0.25, 0.3) is 0 Å². The highest BCUT2D eigenvalue weighted by Crippen LogP contribution is 2.22. The molecule has 3 rings (SSSR count). The summed E-state index contributed by atoms with van der Waals surface area (Å²) in [6.45, 7) is 7.82. The molecule has 0 aliphatic heterocycles. The predicted octanol–water partition coefficient (Wildman–Crippen LogP) is 4.35. The summed E-state index contributed by atoms with van der Waals surface area (Å²) in [6.07, 6.45) is 1.47. The number of carbonyl (C=O) groups excluding carboxylic acids is 1. The number of hydrogen-bond donors (Lipinski definition) is 1. The second-order valence-corrected chi connectivity index (χ2v) is 9.46. The topological polar surface area (TPSA) is 92.1 Å². The van der Waals surface area contributed by atoms with Crippen molar-refractivity contribution in [3.05, 3.63) is 72.7 Å². The summed E-state index contributed by atoms with van der Waals surface area (Å²) in [6, 6.07) is 17.0. The van der Waals surface area contributed by atoms with Gasteiger partial charge in [0.1, 0.15) is 11.5 Å². The highest BCUT2D eigenvalue weighted by atomic mass is 32.2. The van der Waals surface area contributed by atoms with Crippen molar-refractivity contribution in [2.75, 3.05) is 36.5 Å². The molecule has 8 nitrogen and oxygen atoms in total. The molecule has 34 heavy (non-hydrogen) atoms. The largest absolute Gasteiger partial charge is 0.494 e. The van der Waals surface area contributed by atoms with Gasteiger partial charge in [-0.1, -0.05) is 0 Å². The number of nitrogens with one attached hydrogen (secondary N) is 1. The van der Waals surface area contributed by atoms with Crippen molar-refractivity contribution in [2.24, 2.45) is 0 Å². The smallest absolute Gasteiger partial charge is 0.243 e. The van der Waals surface area contributed by atoms with Crippen LogP contribution in [0.5, 0.6) is 5.75 Å². The maximum atomic E-state index is 13.4. The molecule has 0 unspecified atom stereocenters. The maximum absolute atomic E-state index is 13.4. The van der Waals surface area contributed by atoms with E-state index in [9.17, 15) is 13.2 Å². The standard InChI is InChI=1S/C25H31N3O5S/c1-4-27(5-2)21-11-9-20(10-12-21)26-25(29)19-28(18-23-8-7-17-33-23)34(30,31)24-15-13-22(14-16-24)32-6-3/h7-17H,4-6,18-19H2,1-3H3,(H,26,29). The second-order valence-electron chi connectivity index (χ2n) is 7.52. The molecule has 0 atom stereocenters. The van der Waals surface area contributed by atoms with Crippen LogP contribution >= 0.6 is 0 Å². The summed E-state index contributed by atoms with van der Waals surface area (Å²) in [5, 5.41) is 2.79. The van der Waals surface area contributed by atoms with Crippen LogP contribution in [0.4, 0.5) is 11.4 Å². The molecule has 0 saturated carbocycles. The molecule has 0 spiro atoms. The average Bonchev–Trinajstić information content (AvgIpc) is 3.34. The summed E-state index contributed by atoms with van der Waals surface area (Å²) < 4.78 is 38.6. The van der Waals surface area contributed by atoms with Gasteiger partial charge in [0.05, 0.1) is 30.9 Å². The Morgan fingerprint density at radius 1 is 0.971 bits per heavy atom. The molecule has 182 valence electrons. The van der Waals surface area contributed by atoms with Gasteiger partial charge in [-0.05, 0) is 81.4 Å². The van der Waals surface area contributed by atoms with Gasteiger partial charge in [0.2, 0.25) is 15.9 Å². The molecule has 1 amide bonds. The third kappa shape index (κ3) is 6.39. The van der Waals surface area contributed by atoms with Crippen LogP contribution in [0.2, 0.25) is 0 Å². The Labute approximate surface area is 201 Å². The van der Waals surface area contributed by atoms with E-state index in [4.69, 9.17) is 9.15 Å². The van der Waals surface area contributed by atoms with E-state index in [-0.39, 0.29) is 18.0 Å². The number of hydrogen-bond acceptors (Lipinski definition) is 6. The maximum Gasteiger partial charge on any atom is 0.243 e. The normalized spacial score (nSPS) is 11.4. The molecular weight excluding hydrogens is 454 g/mol. The van der Waals surface area contributed by atoms with Crippen LogP contribution < -0.4 is 15.0 Å². The van der Waals surface area contributed by atoms with Gasteiger partial charge in [0.15, 0.2) is 0 Å². The zero-order valence-corrected chi connectivity index (χ0v) is 20.5. The quantitative estimate of drug-likeness (QED) is 0.410. The molecule has 0 fully saturated rings. The molecule has 1 N–H and O–H groups in total. The molecule has 2 aromatic carbocycles. The lowest BCUT2D eigenvalue weighted by Gasteiger charge is -2.22. The lowest BCUT2D eigenvalue weighted by molar-refractivity contribution is -0.116. The lowest BCUT2D eigenvalue weighted by Crippen LogP contribution is -2.37. The summed E-state index contributed by atoms with van der Waals surface area (Å²) in [7, 11) is -3.97.